The molecule has 6 nitrogen and oxygen atoms in total. The van der Waals surface area contributed by atoms with Gasteiger partial charge in [-0.25, -0.2) is 8.42 Å². The van der Waals surface area contributed by atoms with E-state index in [0.717, 1.165) is 36.9 Å². The first-order valence-electron chi connectivity index (χ1n) is 11.4. The average molecular weight is 464 g/mol. The maximum atomic E-state index is 13.9. The zero-order valence-corrected chi connectivity index (χ0v) is 19.8. The van der Waals surface area contributed by atoms with E-state index in [9.17, 15) is 13.2 Å². The zero-order chi connectivity index (χ0) is 23.2. The smallest absolute Gasteiger partial charge is 0.264 e. The second-order valence-corrected chi connectivity index (χ2v) is 10.9. The molecule has 7 heteroatoms. The van der Waals surface area contributed by atoms with Crippen LogP contribution in [0.2, 0.25) is 0 Å². The van der Waals surface area contributed by atoms with Gasteiger partial charge in [0.25, 0.3) is 10.0 Å². The van der Waals surface area contributed by atoms with Crippen molar-refractivity contribution in [1.82, 2.24) is 9.80 Å². The van der Waals surface area contributed by atoms with Crippen molar-refractivity contribution in [3.05, 3.63) is 72.3 Å². The lowest BCUT2D eigenvalue weighted by molar-refractivity contribution is -0.134. The van der Waals surface area contributed by atoms with E-state index in [1.165, 1.54) is 4.31 Å². The molecule has 2 aliphatic rings. The third kappa shape index (κ3) is 3.79. The molecule has 1 atom stereocenters. The van der Waals surface area contributed by atoms with E-state index in [1.807, 2.05) is 60.5 Å². The summed E-state index contributed by atoms with van der Waals surface area (Å²) < 4.78 is 29.2. The number of likely N-dealkylation sites (N-methyl/N-ethyl adjacent to an activating group) is 1. The molecule has 2 aliphatic heterocycles. The fourth-order valence-electron chi connectivity index (χ4n) is 5.16. The van der Waals surface area contributed by atoms with Crippen molar-refractivity contribution in [3.63, 3.8) is 0 Å². The van der Waals surface area contributed by atoms with Gasteiger partial charge in [0, 0.05) is 18.5 Å². The van der Waals surface area contributed by atoms with E-state index < -0.39 is 15.9 Å². The highest BCUT2D eigenvalue weighted by Crippen LogP contribution is 2.41. The summed E-state index contributed by atoms with van der Waals surface area (Å²) in [5, 5.41) is 1.57. The van der Waals surface area contributed by atoms with Crippen molar-refractivity contribution in [3.8, 4) is 0 Å². The number of rotatable bonds is 4. The first kappa shape index (κ1) is 21.9. The van der Waals surface area contributed by atoms with Crippen LogP contribution in [0.3, 0.4) is 0 Å². The second kappa shape index (κ2) is 8.47. The number of para-hydroxylation sites is 1. The van der Waals surface area contributed by atoms with Crippen molar-refractivity contribution in [1.29, 1.82) is 0 Å². The number of nitrogens with zero attached hydrogens (tertiary/aromatic N) is 3. The number of anilines is 1. The summed E-state index contributed by atoms with van der Waals surface area (Å²) in [6.45, 7) is 2.05. The molecule has 0 aliphatic carbocycles. The Kier molecular flexibility index (Phi) is 5.62. The number of amides is 1. The average Bonchev–Trinajstić information content (AvgIpc) is 3.24. The van der Waals surface area contributed by atoms with Gasteiger partial charge >= 0.3 is 0 Å². The first-order valence-corrected chi connectivity index (χ1v) is 12.9. The molecule has 0 N–H and O–H groups in total. The van der Waals surface area contributed by atoms with Crippen LogP contribution >= 0.6 is 0 Å². The molecule has 0 spiro atoms. The highest BCUT2D eigenvalue weighted by Gasteiger charge is 2.42. The van der Waals surface area contributed by atoms with Crippen molar-refractivity contribution in [2.75, 3.05) is 38.0 Å². The summed E-state index contributed by atoms with van der Waals surface area (Å²) in [6.07, 6.45) is 1.87. The Labute approximate surface area is 195 Å². The standard InChI is InChI=1S/C26H29N3O3S/c1-27-16-14-20(15-17-27)28(2)26(30)23-18-29(24-12-6-5-11-22(23)24)33(31,32)25-13-7-9-19-8-3-4-10-21(19)25/h3-13,20,23H,14-18H2,1-2H3. The number of carbonyl (C=O) groups excluding carboxylic acids is 1. The predicted molar refractivity (Wildman–Crippen MR) is 131 cm³/mol. The quantitative estimate of drug-likeness (QED) is 0.592. The number of likely N-dealkylation sites (tertiary alicyclic amines) is 1. The van der Waals surface area contributed by atoms with Crippen LogP contribution in [0.1, 0.15) is 24.3 Å². The minimum atomic E-state index is -3.85. The van der Waals surface area contributed by atoms with Gasteiger partial charge in [0.05, 0.1) is 23.0 Å². The SMILES string of the molecule is CN1CCC(N(C)C(=O)C2CN(S(=O)(=O)c3cccc4ccccc34)c3ccccc32)CC1. The highest BCUT2D eigenvalue weighted by molar-refractivity contribution is 7.93. The van der Waals surface area contributed by atoms with Crippen LogP contribution in [0.25, 0.3) is 10.8 Å². The molecule has 0 saturated carbocycles. The van der Waals surface area contributed by atoms with Gasteiger partial charge in [-0.05, 0) is 56.1 Å². The Morgan fingerprint density at radius 2 is 1.61 bits per heavy atom. The molecule has 2 heterocycles. The Morgan fingerprint density at radius 3 is 2.39 bits per heavy atom. The lowest BCUT2D eigenvalue weighted by atomic mass is 9.97. The normalized spacial score (nSPS) is 19.6. The van der Waals surface area contributed by atoms with Crippen LogP contribution in [0.15, 0.2) is 71.6 Å². The Bertz CT molecular complexity index is 1290. The van der Waals surface area contributed by atoms with Crippen LogP contribution in [0, 0.1) is 0 Å². The molecule has 33 heavy (non-hydrogen) atoms. The molecule has 3 aromatic carbocycles. The maximum absolute atomic E-state index is 13.9. The van der Waals surface area contributed by atoms with E-state index in [2.05, 4.69) is 11.9 Å². The van der Waals surface area contributed by atoms with Gasteiger partial charge in [-0.2, -0.15) is 0 Å². The van der Waals surface area contributed by atoms with Crippen LogP contribution < -0.4 is 4.31 Å². The van der Waals surface area contributed by atoms with Crippen molar-refractivity contribution < 1.29 is 13.2 Å². The van der Waals surface area contributed by atoms with E-state index >= 15 is 0 Å². The molecule has 172 valence electrons. The number of piperidine rings is 1. The Morgan fingerprint density at radius 1 is 0.939 bits per heavy atom. The van der Waals surface area contributed by atoms with Gasteiger partial charge in [-0.1, -0.05) is 54.6 Å². The zero-order valence-electron chi connectivity index (χ0n) is 19.0. The van der Waals surface area contributed by atoms with Gasteiger partial charge in [0.2, 0.25) is 5.91 Å². The minimum absolute atomic E-state index is 0.00683. The fraction of sp³-hybridized carbons (Fsp3) is 0.346. The highest BCUT2D eigenvalue weighted by atomic mass is 32.2. The maximum Gasteiger partial charge on any atom is 0.264 e. The monoisotopic (exact) mass is 463 g/mol. The second-order valence-electron chi connectivity index (χ2n) is 9.11. The van der Waals surface area contributed by atoms with Crippen molar-refractivity contribution in [2.45, 2.75) is 29.7 Å². The Balaban J connectivity index is 1.50. The molecular formula is C26H29N3O3S. The Hall–Kier alpha value is -2.90. The summed E-state index contributed by atoms with van der Waals surface area (Å²) in [5.74, 6) is -0.511. The summed E-state index contributed by atoms with van der Waals surface area (Å²) in [6, 6.07) is 20.4. The van der Waals surface area contributed by atoms with Crippen LogP contribution in [0.4, 0.5) is 5.69 Å². The molecule has 1 unspecified atom stereocenters. The van der Waals surface area contributed by atoms with Gasteiger partial charge < -0.3 is 9.80 Å². The lowest BCUT2D eigenvalue weighted by Gasteiger charge is -2.36. The van der Waals surface area contributed by atoms with E-state index in [-0.39, 0.29) is 23.4 Å². The van der Waals surface area contributed by atoms with Crippen LogP contribution in [-0.2, 0) is 14.8 Å². The molecule has 5 rings (SSSR count). The molecule has 1 amide bonds. The number of hydrogen-bond donors (Lipinski definition) is 0. The fourth-order valence-corrected chi connectivity index (χ4v) is 6.88. The number of fused-ring (bicyclic) bond motifs is 2. The van der Waals surface area contributed by atoms with E-state index in [4.69, 9.17) is 0 Å². The predicted octanol–water partition coefficient (Wildman–Crippen LogP) is 3.68. The largest absolute Gasteiger partial charge is 0.342 e. The van der Waals surface area contributed by atoms with Crippen molar-refractivity contribution >= 4 is 32.4 Å². The van der Waals surface area contributed by atoms with E-state index in [0.29, 0.717) is 11.1 Å². The summed E-state index contributed by atoms with van der Waals surface area (Å²) in [5.41, 5.74) is 1.38. The molecule has 0 radical (unpaired) electrons. The number of hydrogen-bond acceptors (Lipinski definition) is 4. The number of carbonyl (C=O) groups is 1. The third-order valence-corrected chi connectivity index (χ3v) is 8.97. The minimum Gasteiger partial charge on any atom is -0.342 e. The lowest BCUT2D eigenvalue weighted by Crippen LogP contribution is -2.46. The first-order chi connectivity index (χ1) is 15.9. The molecular weight excluding hydrogens is 434 g/mol. The van der Waals surface area contributed by atoms with E-state index in [1.54, 1.807) is 18.2 Å². The topological polar surface area (TPSA) is 60.9 Å². The summed E-state index contributed by atoms with van der Waals surface area (Å²) >= 11 is 0. The molecule has 3 aromatic rings. The number of sulfonamides is 1. The van der Waals surface area contributed by atoms with Crippen LogP contribution in [0.5, 0.6) is 0 Å². The van der Waals surface area contributed by atoms with Crippen LogP contribution in [-0.4, -0.2) is 63.9 Å². The van der Waals surface area contributed by atoms with Gasteiger partial charge in [0.1, 0.15) is 0 Å². The third-order valence-electron chi connectivity index (χ3n) is 7.13. The molecule has 0 bridgehead atoms. The van der Waals surface area contributed by atoms with Crippen molar-refractivity contribution in [2.24, 2.45) is 0 Å². The summed E-state index contributed by atoms with van der Waals surface area (Å²) in [7, 11) is 0.115. The molecule has 1 saturated heterocycles. The van der Waals surface area contributed by atoms with Gasteiger partial charge in [0.15, 0.2) is 0 Å². The molecule has 1 fully saturated rings. The molecule has 0 aromatic heterocycles. The number of benzene rings is 3. The van der Waals surface area contributed by atoms with Gasteiger partial charge in [-0.3, -0.25) is 9.10 Å². The summed E-state index contributed by atoms with van der Waals surface area (Å²) in [4.78, 5) is 18.0. The van der Waals surface area contributed by atoms with Gasteiger partial charge in [-0.15, -0.1) is 0 Å².